The van der Waals surface area contributed by atoms with Gasteiger partial charge in [0.2, 0.25) is 5.91 Å². The number of rotatable bonds is 2. The lowest BCUT2D eigenvalue weighted by molar-refractivity contribution is -0.136. The Balaban J connectivity index is 1.85. The van der Waals surface area contributed by atoms with Crippen molar-refractivity contribution in [3.63, 3.8) is 0 Å². The van der Waals surface area contributed by atoms with Crippen molar-refractivity contribution in [2.24, 2.45) is 5.41 Å². The lowest BCUT2D eigenvalue weighted by Crippen LogP contribution is -2.53. The first-order chi connectivity index (χ1) is 7.21. The molecule has 0 spiro atoms. The molecule has 5 nitrogen and oxygen atoms in total. The highest BCUT2D eigenvalue weighted by molar-refractivity contribution is 5.82. The Labute approximate surface area is 90.1 Å². The van der Waals surface area contributed by atoms with Crippen LogP contribution in [0.15, 0.2) is 0 Å². The predicted octanol–water partition coefficient (Wildman–Crippen LogP) is -0.651. The molecule has 0 aromatic carbocycles. The van der Waals surface area contributed by atoms with Crippen molar-refractivity contribution in [1.29, 1.82) is 0 Å². The number of nitrogens with zero attached hydrogens (tertiary/aromatic N) is 1. The van der Waals surface area contributed by atoms with Crippen LogP contribution < -0.4 is 10.7 Å². The molecular weight excluding hydrogens is 194 g/mol. The number of carbonyl (C=O) groups is 1. The molecule has 2 rings (SSSR count). The van der Waals surface area contributed by atoms with E-state index >= 15 is 0 Å². The summed E-state index contributed by atoms with van der Waals surface area (Å²) in [4.78, 5) is 12.0. The van der Waals surface area contributed by atoms with Crippen LogP contribution in [0, 0.1) is 5.41 Å². The van der Waals surface area contributed by atoms with Gasteiger partial charge in [0.1, 0.15) is 0 Å². The van der Waals surface area contributed by atoms with Gasteiger partial charge in [-0.15, -0.1) is 0 Å². The number of hydrogen-bond donors (Lipinski definition) is 2. The van der Waals surface area contributed by atoms with Crippen molar-refractivity contribution >= 4 is 5.91 Å². The summed E-state index contributed by atoms with van der Waals surface area (Å²) in [5.41, 5.74) is 2.74. The van der Waals surface area contributed by atoms with Gasteiger partial charge < -0.3 is 10.1 Å². The van der Waals surface area contributed by atoms with Crippen molar-refractivity contribution in [3.8, 4) is 0 Å². The maximum Gasteiger partial charge on any atom is 0.241 e. The summed E-state index contributed by atoms with van der Waals surface area (Å²) in [7, 11) is 0. The summed E-state index contributed by atoms with van der Waals surface area (Å²) in [6, 6.07) is 0. The zero-order valence-corrected chi connectivity index (χ0v) is 9.21. The van der Waals surface area contributed by atoms with Crippen LogP contribution in [0.2, 0.25) is 0 Å². The Hall–Kier alpha value is -0.650. The van der Waals surface area contributed by atoms with Crippen molar-refractivity contribution in [3.05, 3.63) is 0 Å². The zero-order chi connectivity index (χ0) is 10.7. The highest BCUT2D eigenvalue weighted by atomic mass is 16.5. The quantitative estimate of drug-likeness (QED) is 0.640. The van der Waals surface area contributed by atoms with E-state index in [0.29, 0.717) is 13.2 Å². The summed E-state index contributed by atoms with van der Waals surface area (Å²) in [6.07, 6.45) is 0.920. The minimum atomic E-state index is -0.238. The van der Waals surface area contributed by atoms with E-state index in [1.807, 2.05) is 11.9 Å². The van der Waals surface area contributed by atoms with E-state index in [0.717, 1.165) is 32.6 Å². The van der Waals surface area contributed by atoms with E-state index in [1.165, 1.54) is 0 Å². The van der Waals surface area contributed by atoms with Crippen molar-refractivity contribution in [2.75, 3.05) is 39.4 Å². The molecule has 15 heavy (non-hydrogen) atoms. The molecule has 1 atom stereocenters. The number of carbonyl (C=O) groups excluding carboxylic acids is 1. The van der Waals surface area contributed by atoms with Crippen molar-refractivity contribution in [1.82, 2.24) is 15.8 Å². The van der Waals surface area contributed by atoms with E-state index in [2.05, 4.69) is 10.7 Å². The lowest BCUT2D eigenvalue weighted by atomic mass is 9.89. The molecule has 0 aromatic heterocycles. The molecule has 2 N–H and O–H groups in total. The average Bonchev–Trinajstić information content (AvgIpc) is 2.68. The molecule has 0 aromatic rings. The number of hydrazine groups is 1. The molecule has 2 fully saturated rings. The first-order valence-electron chi connectivity index (χ1n) is 5.55. The van der Waals surface area contributed by atoms with Crippen LogP contribution in [0.25, 0.3) is 0 Å². The maximum absolute atomic E-state index is 12.0. The first-order valence-corrected chi connectivity index (χ1v) is 5.55. The second-order valence-corrected chi connectivity index (χ2v) is 4.53. The zero-order valence-electron chi connectivity index (χ0n) is 9.21. The molecule has 0 bridgehead atoms. The van der Waals surface area contributed by atoms with Crippen LogP contribution in [0.4, 0.5) is 0 Å². The highest BCUT2D eigenvalue weighted by Gasteiger charge is 2.37. The molecule has 0 aliphatic carbocycles. The molecule has 5 heteroatoms. The third-order valence-electron chi connectivity index (χ3n) is 3.19. The predicted molar refractivity (Wildman–Crippen MR) is 56.1 cm³/mol. The fourth-order valence-electron chi connectivity index (χ4n) is 1.96. The van der Waals surface area contributed by atoms with Crippen LogP contribution >= 0.6 is 0 Å². The number of hydrogen-bond acceptors (Lipinski definition) is 4. The van der Waals surface area contributed by atoms with Gasteiger partial charge in [-0.05, 0) is 19.9 Å². The van der Waals surface area contributed by atoms with Gasteiger partial charge in [0.15, 0.2) is 0 Å². The Morgan fingerprint density at radius 1 is 1.47 bits per heavy atom. The van der Waals surface area contributed by atoms with Gasteiger partial charge in [-0.3, -0.25) is 10.2 Å². The topological polar surface area (TPSA) is 53.6 Å². The highest BCUT2D eigenvalue weighted by Crippen LogP contribution is 2.24. The van der Waals surface area contributed by atoms with Crippen LogP contribution in [-0.4, -0.2) is 50.3 Å². The van der Waals surface area contributed by atoms with Crippen molar-refractivity contribution < 1.29 is 9.53 Å². The van der Waals surface area contributed by atoms with E-state index in [1.54, 1.807) is 0 Å². The largest absolute Gasteiger partial charge is 0.379 e. The van der Waals surface area contributed by atoms with Gasteiger partial charge in [0, 0.05) is 19.6 Å². The minimum Gasteiger partial charge on any atom is -0.379 e. The molecular formula is C10H19N3O2. The first kappa shape index (κ1) is 10.9. The number of morpholine rings is 1. The average molecular weight is 213 g/mol. The number of amides is 1. The molecule has 2 heterocycles. The van der Waals surface area contributed by atoms with Gasteiger partial charge in [-0.25, -0.2) is 5.01 Å². The summed E-state index contributed by atoms with van der Waals surface area (Å²) < 4.78 is 5.23. The SMILES string of the molecule is CC1(C(=O)NN2CCOCC2)CCNC1. The Morgan fingerprint density at radius 2 is 2.20 bits per heavy atom. The standard InChI is InChI=1S/C10H19N3O2/c1-10(2-3-11-8-10)9(14)12-13-4-6-15-7-5-13/h11H,2-8H2,1H3,(H,12,14). The summed E-state index contributed by atoms with van der Waals surface area (Å²) in [5.74, 6) is 0.134. The van der Waals surface area contributed by atoms with Gasteiger partial charge >= 0.3 is 0 Å². The third-order valence-corrected chi connectivity index (χ3v) is 3.19. The molecule has 1 amide bonds. The van der Waals surface area contributed by atoms with Crippen LogP contribution in [0.1, 0.15) is 13.3 Å². The third kappa shape index (κ3) is 2.48. The van der Waals surface area contributed by atoms with Gasteiger partial charge in [-0.1, -0.05) is 0 Å². The van der Waals surface area contributed by atoms with Crippen LogP contribution in [-0.2, 0) is 9.53 Å². The lowest BCUT2D eigenvalue weighted by Gasteiger charge is -2.31. The summed E-state index contributed by atoms with van der Waals surface area (Å²) in [5, 5.41) is 5.18. The van der Waals surface area contributed by atoms with E-state index in [4.69, 9.17) is 4.74 Å². The Morgan fingerprint density at radius 3 is 2.80 bits per heavy atom. The second kappa shape index (κ2) is 4.47. The number of nitrogens with one attached hydrogen (secondary N) is 2. The molecule has 0 radical (unpaired) electrons. The van der Waals surface area contributed by atoms with E-state index in [9.17, 15) is 4.79 Å². The molecule has 1 unspecified atom stereocenters. The summed E-state index contributed by atoms with van der Waals surface area (Å²) in [6.45, 7) is 6.72. The van der Waals surface area contributed by atoms with Gasteiger partial charge in [0.25, 0.3) is 0 Å². The van der Waals surface area contributed by atoms with E-state index in [-0.39, 0.29) is 11.3 Å². The van der Waals surface area contributed by atoms with Crippen LogP contribution in [0.5, 0.6) is 0 Å². The maximum atomic E-state index is 12.0. The summed E-state index contributed by atoms with van der Waals surface area (Å²) >= 11 is 0. The number of ether oxygens (including phenoxy) is 1. The Kier molecular flexibility index (Phi) is 3.23. The fourth-order valence-corrected chi connectivity index (χ4v) is 1.96. The Bertz CT molecular complexity index is 233. The normalized spacial score (nSPS) is 32.9. The van der Waals surface area contributed by atoms with Crippen molar-refractivity contribution in [2.45, 2.75) is 13.3 Å². The smallest absolute Gasteiger partial charge is 0.241 e. The minimum absolute atomic E-state index is 0.134. The van der Waals surface area contributed by atoms with Gasteiger partial charge in [-0.2, -0.15) is 0 Å². The van der Waals surface area contributed by atoms with Gasteiger partial charge in [0.05, 0.1) is 18.6 Å². The molecule has 2 aliphatic rings. The molecule has 0 saturated carbocycles. The molecule has 2 saturated heterocycles. The molecule has 2 aliphatic heterocycles. The monoisotopic (exact) mass is 213 g/mol. The fraction of sp³-hybridized carbons (Fsp3) is 0.900. The second-order valence-electron chi connectivity index (χ2n) is 4.53. The molecule has 86 valence electrons. The van der Waals surface area contributed by atoms with E-state index < -0.39 is 0 Å². The van der Waals surface area contributed by atoms with Crippen LogP contribution in [0.3, 0.4) is 0 Å².